The lowest BCUT2D eigenvalue weighted by Crippen LogP contribution is -2.70. The van der Waals surface area contributed by atoms with Gasteiger partial charge in [-0.05, 0) is 113 Å². The first-order chi connectivity index (χ1) is 21.9. The SMILES string of the molecule is O=CC[C@@]1(N2CCC(N3CCCCC3)CC2)C[C@H](N2CCc3ccccc3NC2=O)CCN1C(=O)OCc1ccc(Br)c(Br)c1. The van der Waals surface area contributed by atoms with Gasteiger partial charge in [0.1, 0.15) is 18.6 Å². The summed E-state index contributed by atoms with van der Waals surface area (Å²) in [7, 11) is 0. The summed E-state index contributed by atoms with van der Waals surface area (Å²) in [6.45, 7) is 5.03. The van der Waals surface area contributed by atoms with E-state index in [1.165, 1.54) is 19.3 Å². The Balaban J connectivity index is 1.24. The second kappa shape index (κ2) is 14.5. The Morgan fingerprint density at radius 1 is 0.933 bits per heavy atom. The molecule has 6 rings (SSSR count). The molecule has 3 fully saturated rings. The van der Waals surface area contributed by atoms with E-state index in [0.717, 1.165) is 77.5 Å². The molecule has 3 amide bonds. The third-order valence-corrected chi connectivity index (χ3v) is 12.2. The Bertz CT molecular complexity index is 1380. The van der Waals surface area contributed by atoms with Crippen molar-refractivity contribution in [3.8, 4) is 0 Å². The molecule has 2 aromatic rings. The lowest BCUT2D eigenvalue weighted by atomic mass is 9.84. The number of urea groups is 1. The van der Waals surface area contributed by atoms with Gasteiger partial charge in [-0.2, -0.15) is 0 Å². The van der Waals surface area contributed by atoms with Crippen LogP contribution in [0.15, 0.2) is 51.4 Å². The van der Waals surface area contributed by atoms with Crippen LogP contribution in [0.4, 0.5) is 15.3 Å². The van der Waals surface area contributed by atoms with Crippen molar-refractivity contribution in [3.63, 3.8) is 0 Å². The van der Waals surface area contributed by atoms with Crippen LogP contribution in [0.2, 0.25) is 0 Å². The number of hydrogen-bond donors (Lipinski definition) is 1. The number of carbonyl (C=O) groups excluding carboxylic acids is 3. The zero-order valence-electron chi connectivity index (χ0n) is 25.8. The highest BCUT2D eigenvalue weighted by Gasteiger charge is 2.52. The minimum Gasteiger partial charge on any atom is -0.445 e. The topological polar surface area (TPSA) is 85.4 Å². The number of piperidine rings is 3. The van der Waals surface area contributed by atoms with Gasteiger partial charge >= 0.3 is 12.1 Å². The lowest BCUT2D eigenvalue weighted by molar-refractivity contribution is -0.128. The van der Waals surface area contributed by atoms with E-state index in [4.69, 9.17) is 4.74 Å². The van der Waals surface area contributed by atoms with E-state index in [9.17, 15) is 14.4 Å². The molecule has 4 aliphatic rings. The van der Waals surface area contributed by atoms with Crippen molar-refractivity contribution in [1.29, 1.82) is 0 Å². The number of rotatable bonds is 7. The molecule has 4 aliphatic heterocycles. The van der Waals surface area contributed by atoms with Crippen LogP contribution in [0.25, 0.3) is 0 Å². The summed E-state index contributed by atoms with van der Waals surface area (Å²) in [6, 6.07) is 14.0. The fourth-order valence-electron chi connectivity index (χ4n) is 7.88. The molecule has 45 heavy (non-hydrogen) atoms. The molecule has 2 aromatic carbocycles. The Morgan fingerprint density at radius 3 is 2.44 bits per heavy atom. The number of nitrogens with one attached hydrogen (secondary N) is 1. The van der Waals surface area contributed by atoms with Crippen LogP contribution in [0.3, 0.4) is 0 Å². The van der Waals surface area contributed by atoms with Gasteiger partial charge in [-0.1, -0.05) is 30.7 Å². The summed E-state index contributed by atoms with van der Waals surface area (Å²) in [5.74, 6) is 0. The number of anilines is 1. The molecule has 4 heterocycles. The molecule has 0 bridgehead atoms. The number of aldehydes is 1. The van der Waals surface area contributed by atoms with Crippen LogP contribution in [0.1, 0.15) is 62.5 Å². The van der Waals surface area contributed by atoms with Crippen molar-refractivity contribution >= 4 is 56.0 Å². The number of amides is 3. The van der Waals surface area contributed by atoms with Crippen molar-refractivity contribution in [3.05, 3.63) is 62.5 Å². The number of fused-ring (bicyclic) bond motifs is 1. The number of ether oxygens (including phenoxy) is 1. The molecule has 0 aliphatic carbocycles. The number of likely N-dealkylation sites (tertiary alicyclic amines) is 3. The average molecular weight is 746 g/mol. The molecular formula is C34H43Br2N5O4. The summed E-state index contributed by atoms with van der Waals surface area (Å²) in [5, 5.41) is 3.12. The molecule has 242 valence electrons. The Labute approximate surface area is 282 Å². The average Bonchev–Trinajstić information content (AvgIpc) is 3.23. The van der Waals surface area contributed by atoms with Gasteiger partial charge in [-0.25, -0.2) is 9.59 Å². The zero-order valence-corrected chi connectivity index (χ0v) is 28.9. The number of nitrogens with zero attached hydrogens (tertiary/aromatic N) is 4. The molecule has 0 aromatic heterocycles. The van der Waals surface area contributed by atoms with Crippen molar-refractivity contribution in [1.82, 2.24) is 19.6 Å². The van der Waals surface area contributed by atoms with Crippen LogP contribution in [-0.4, -0.2) is 95.0 Å². The summed E-state index contributed by atoms with van der Waals surface area (Å²) in [6.07, 6.45) is 8.40. The van der Waals surface area contributed by atoms with Gasteiger partial charge in [0.05, 0.1) is 0 Å². The first-order valence-corrected chi connectivity index (χ1v) is 17.9. The summed E-state index contributed by atoms with van der Waals surface area (Å²) >= 11 is 7.03. The van der Waals surface area contributed by atoms with Crippen LogP contribution in [-0.2, 0) is 22.6 Å². The second-order valence-electron chi connectivity index (χ2n) is 12.8. The molecule has 1 N–H and O–H groups in total. The van der Waals surface area contributed by atoms with Crippen molar-refractivity contribution < 1.29 is 19.1 Å². The number of benzene rings is 2. The third kappa shape index (κ3) is 7.11. The largest absolute Gasteiger partial charge is 0.445 e. The highest BCUT2D eigenvalue weighted by molar-refractivity contribution is 9.13. The van der Waals surface area contributed by atoms with Gasteiger partial charge in [0.25, 0.3) is 0 Å². The summed E-state index contributed by atoms with van der Waals surface area (Å²) in [4.78, 5) is 48.8. The molecule has 0 saturated carbocycles. The second-order valence-corrected chi connectivity index (χ2v) is 14.5. The normalized spacial score (nSPS) is 25.3. The molecular weight excluding hydrogens is 702 g/mol. The minimum absolute atomic E-state index is 0.120. The van der Waals surface area contributed by atoms with Crippen LogP contribution < -0.4 is 5.32 Å². The number of hydrogen-bond acceptors (Lipinski definition) is 6. The first kappa shape index (κ1) is 32.5. The predicted octanol–water partition coefficient (Wildman–Crippen LogP) is 6.64. The first-order valence-electron chi connectivity index (χ1n) is 16.3. The molecule has 0 unspecified atom stereocenters. The van der Waals surface area contributed by atoms with Gasteiger partial charge in [-0.3, -0.25) is 9.80 Å². The number of carbonyl (C=O) groups is 3. The minimum atomic E-state index is -0.867. The summed E-state index contributed by atoms with van der Waals surface area (Å²) < 4.78 is 7.76. The zero-order chi connectivity index (χ0) is 31.4. The summed E-state index contributed by atoms with van der Waals surface area (Å²) in [5.41, 5.74) is 1.98. The standard InChI is InChI=1S/C34H43Br2N5O4/c35-29-9-8-25(22-30(29)36)24-45-33(44)41-20-13-28(40-19-10-26-6-2-3-7-31(26)37-32(40)43)23-34(41,14-21-42)39-17-11-27(12-18-39)38-15-4-1-5-16-38/h2-3,6-9,21-22,27-28H,1,4-5,10-20,23-24H2,(H,37,43)/t28-,34+/m1/s1. The van der Waals surface area contributed by atoms with E-state index < -0.39 is 11.8 Å². The molecule has 2 atom stereocenters. The highest BCUT2D eigenvalue weighted by atomic mass is 79.9. The van der Waals surface area contributed by atoms with Crippen molar-refractivity contribution in [2.75, 3.05) is 44.6 Å². The molecule has 3 saturated heterocycles. The van der Waals surface area contributed by atoms with Crippen LogP contribution >= 0.6 is 31.9 Å². The van der Waals surface area contributed by atoms with Gasteiger partial charge in [0.2, 0.25) is 0 Å². The Hall–Kier alpha value is -2.47. The van der Waals surface area contributed by atoms with Crippen molar-refractivity contribution in [2.45, 2.75) is 82.1 Å². The maximum atomic E-state index is 14.0. The smallest absolute Gasteiger partial charge is 0.411 e. The molecule has 11 heteroatoms. The Kier molecular flexibility index (Phi) is 10.5. The van der Waals surface area contributed by atoms with E-state index in [0.29, 0.717) is 32.0 Å². The third-order valence-electron chi connectivity index (χ3n) is 10.3. The van der Waals surface area contributed by atoms with E-state index in [-0.39, 0.29) is 25.1 Å². The van der Waals surface area contributed by atoms with E-state index >= 15 is 0 Å². The number of halogens is 2. The van der Waals surface area contributed by atoms with Gasteiger partial charge in [0.15, 0.2) is 0 Å². The fourth-order valence-corrected chi connectivity index (χ4v) is 8.55. The molecule has 0 radical (unpaired) electrons. The van der Waals surface area contributed by atoms with Gasteiger partial charge < -0.3 is 24.6 Å². The van der Waals surface area contributed by atoms with E-state index in [2.05, 4.69) is 53.0 Å². The van der Waals surface area contributed by atoms with E-state index in [1.807, 2.05) is 41.3 Å². The predicted molar refractivity (Wildman–Crippen MR) is 181 cm³/mol. The molecule has 9 nitrogen and oxygen atoms in total. The van der Waals surface area contributed by atoms with E-state index in [1.54, 1.807) is 4.90 Å². The number of para-hydroxylation sites is 1. The van der Waals surface area contributed by atoms with Gasteiger partial charge in [-0.15, -0.1) is 0 Å². The monoisotopic (exact) mass is 743 g/mol. The van der Waals surface area contributed by atoms with Crippen LogP contribution in [0.5, 0.6) is 0 Å². The van der Waals surface area contributed by atoms with Crippen molar-refractivity contribution in [2.24, 2.45) is 0 Å². The lowest BCUT2D eigenvalue weighted by Gasteiger charge is -2.57. The maximum Gasteiger partial charge on any atom is 0.411 e. The quantitative estimate of drug-likeness (QED) is 0.321. The van der Waals surface area contributed by atoms with Gasteiger partial charge in [0, 0.05) is 65.7 Å². The maximum absolute atomic E-state index is 14.0. The molecule has 0 spiro atoms. The fraction of sp³-hybridized carbons (Fsp3) is 0.559. The van der Waals surface area contributed by atoms with Crippen LogP contribution in [0, 0.1) is 0 Å². The highest BCUT2D eigenvalue weighted by Crippen LogP contribution is 2.40. The Morgan fingerprint density at radius 2 is 1.69 bits per heavy atom.